The lowest BCUT2D eigenvalue weighted by atomic mass is 9.83. The first kappa shape index (κ1) is 49.7. The van der Waals surface area contributed by atoms with Crippen molar-refractivity contribution in [2.45, 2.75) is 78.4 Å². The van der Waals surface area contributed by atoms with E-state index in [-0.39, 0.29) is 10.8 Å². The monoisotopic (exact) mass is 990 g/mol. The minimum Gasteiger partial charge on any atom is -0.381 e. The zero-order valence-electron chi connectivity index (χ0n) is 42.9. The number of benzene rings is 8. The highest BCUT2D eigenvalue weighted by molar-refractivity contribution is 7.25. The van der Waals surface area contributed by atoms with Crippen molar-refractivity contribution in [3.63, 3.8) is 0 Å². The molecule has 2 aliphatic rings. The fraction of sp³-hybridized carbons (Fsp3) is 0.364. The molecule has 0 radical (unpaired) electrons. The Kier molecular flexibility index (Phi) is 15.6. The van der Waals surface area contributed by atoms with Crippen LogP contribution >= 0.6 is 11.3 Å². The van der Waals surface area contributed by atoms with Gasteiger partial charge in [-0.2, -0.15) is 0 Å². The van der Waals surface area contributed by atoms with Crippen molar-refractivity contribution in [1.29, 1.82) is 0 Å². The van der Waals surface area contributed by atoms with E-state index in [1.165, 1.54) is 97.0 Å². The van der Waals surface area contributed by atoms with Gasteiger partial charge in [-0.15, -0.1) is 11.3 Å². The molecule has 8 aromatic carbocycles. The lowest BCUT2D eigenvalue weighted by molar-refractivity contribution is -0.150. The van der Waals surface area contributed by atoms with E-state index in [0.717, 1.165) is 117 Å². The van der Waals surface area contributed by atoms with Gasteiger partial charge in [-0.05, 0) is 152 Å². The Balaban J connectivity index is 0.788. The predicted molar refractivity (Wildman–Crippen MR) is 304 cm³/mol. The second-order valence-corrected chi connectivity index (χ2v) is 22.0. The van der Waals surface area contributed by atoms with Crippen molar-refractivity contribution < 1.29 is 28.4 Å². The third kappa shape index (κ3) is 10.7. The molecule has 2 saturated heterocycles. The zero-order chi connectivity index (χ0) is 49.5. The van der Waals surface area contributed by atoms with Gasteiger partial charge >= 0.3 is 0 Å². The minimum absolute atomic E-state index is 0.259. The van der Waals surface area contributed by atoms with E-state index in [0.29, 0.717) is 13.2 Å². The molecule has 7 heteroatoms. The molecule has 9 aromatic rings. The molecule has 0 saturated carbocycles. The summed E-state index contributed by atoms with van der Waals surface area (Å²) >= 11 is 1.87. The van der Waals surface area contributed by atoms with Gasteiger partial charge in [0.15, 0.2) is 0 Å². The molecule has 0 atom stereocenters. The maximum Gasteiger partial charge on any atom is 0.0717 e. The summed E-state index contributed by atoms with van der Waals surface area (Å²) in [5, 5.41) is 10.1. The van der Waals surface area contributed by atoms with E-state index < -0.39 is 0 Å². The Bertz CT molecular complexity index is 3240. The molecule has 0 N–H and O–H groups in total. The molecule has 11 rings (SSSR count). The largest absolute Gasteiger partial charge is 0.381 e. The van der Waals surface area contributed by atoms with Crippen LogP contribution in [0.1, 0.15) is 76.3 Å². The van der Waals surface area contributed by atoms with Crippen LogP contribution in [0.5, 0.6) is 0 Å². The van der Waals surface area contributed by atoms with E-state index in [4.69, 9.17) is 28.4 Å². The van der Waals surface area contributed by atoms with Crippen molar-refractivity contribution in [2.75, 3.05) is 66.1 Å². The molecule has 0 spiro atoms. The number of rotatable bonds is 25. The Morgan fingerprint density at radius 3 is 1.37 bits per heavy atom. The Hall–Kier alpha value is -5.48. The number of hydrogen-bond acceptors (Lipinski definition) is 7. The summed E-state index contributed by atoms with van der Waals surface area (Å²) < 4.78 is 37.8. The summed E-state index contributed by atoms with van der Waals surface area (Å²) in [6, 6.07) is 54.6. The van der Waals surface area contributed by atoms with Gasteiger partial charge in [-0.25, -0.2) is 0 Å². The van der Waals surface area contributed by atoms with Crippen LogP contribution in [0.2, 0.25) is 0 Å². The van der Waals surface area contributed by atoms with Crippen LogP contribution in [0, 0.1) is 10.8 Å². The van der Waals surface area contributed by atoms with Gasteiger partial charge < -0.3 is 28.4 Å². The lowest BCUT2D eigenvalue weighted by Crippen LogP contribution is -2.45. The highest BCUT2D eigenvalue weighted by atomic mass is 32.1. The van der Waals surface area contributed by atoms with Crippen LogP contribution in [-0.2, 0) is 41.6 Å². The standard InChI is InChI=1S/C66H70O6S/c1-3-65(43-71-44-65)41-69-35-15-5-13-33-67-39-47-23-26-49(27-24-47)63-54-19-9-11-21-56(54)64(57-22-12-10-20-55(57)63)58-30-29-51(52-17-7-8-18-53(52)58)50-28-32-62-60(38-50)59-37-48(25-31-61(59)73-62)40-68-34-14-6-16-36-70-42-66(4-2)45-72-46-66/h7-12,17-32,37-38H,3-6,13-16,33-36,39-46H2,1-2H3. The second-order valence-electron chi connectivity index (χ2n) is 20.9. The van der Waals surface area contributed by atoms with Crippen molar-refractivity contribution in [3.8, 4) is 33.4 Å². The number of unbranched alkanes of at least 4 members (excludes halogenated alkanes) is 4. The van der Waals surface area contributed by atoms with Crippen LogP contribution in [0.25, 0.3) is 85.9 Å². The first-order valence-corrected chi connectivity index (χ1v) is 27.8. The van der Waals surface area contributed by atoms with Gasteiger partial charge in [0.2, 0.25) is 0 Å². The Morgan fingerprint density at radius 2 is 0.836 bits per heavy atom. The maximum absolute atomic E-state index is 6.21. The molecule has 0 unspecified atom stereocenters. The number of ether oxygens (including phenoxy) is 6. The summed E-state index contributed by atoms with van der Waals surface area (Å²) in [7, 11) is 0. The molecule has 3 heterocycles. The van der Waals surface area contributed by atoms with Crippen LogP contribution in [-0.4, -0.2) is 66.1 Å². The van der Waals surface area contributed by atoms with Crippen LogP contribution in [0.3, 0.4) is 0 Å². The van der Waals surface area contributed by atoms with Gasteiger partial charge in [-0.1, -0.05) is 135 Å². The molecular weight excluding hydrogens is 921 g/mol. The average Bonchev–Trinajstić information content (AvgIpc) is 3.78. The Labute approximate surface area is 435 Å². The molecule has 2 aliphatic heterocycles. The van der Waals surface area contributed by atoms with Crippen LogP contribution in [0.4, 0.5) is 0 Å². The second kappa shape index (κ2) is 23.0. The summed E-state index contributed by atoms with van der Waals surface area (Å²) in [6.45, 7) is 13.9. The molecule has 0 aliphatic carbocycles. The Morgan fingerprint density at radius 1 is 0.397 bits per heavy atom. The SMILES string of the molecule is CCC1(COCCCCCOCc2ccc(-c3c4ccccc4c(-c4ccc(-c5ccc6sc7ccc(COCCCCCOCC8(CC)COC8)cc7c6c5)c5ccccc45)c4ccccc34)cc2)COC1. The molecule has 0 amide bonds. The first-order valence-electron chi connectivity index (χ1n) is 27.0. The summed E-state index contributed by atoms with van der Waals surface area (Å²) in [4.78, 5) is 0. The number of hydrogen-bond donors (Lipinski definition) is 0. The fourth-order valence-electron chi connectivity index (χ4n) is 11.0. The van der Waals surface area contributed by atoms with Gasteiger partial charge in [-0.3, -0.25) is 0 Å². The van der Waals surface area contributed by atoms with E-state index in [1.54, 1.807) is 0 Å². The summed E-state index contributed by atoms with van der Waals surface area (Å²) in [6.07, 6.45) is 8.70. The third-order valence-electron chi connectivity index (χ3n) is 15.9. The van der Waals surface area contributed by atoms with Crippen LogP contribution in [0.15, 0.2) is 146 Å². The lowest BCUT2D eigenvalue weighted by Gasteiger charge is -2.40. The quantitative estimate of drug-likeness (QED) is 0.0420. The normalized spacial score (nSPS) is 15.2. The topological polar surface area (TPSA) is 55.4 Å². The van der Waals surface area contributed by atoms with Crippen molar-refractivity contribution in [1.82, 2.24) is 0 Å². The zero-order valence-corrected chi connectivity index (χ0v) is 43.7. The first-order chi connectivity index (χ1) is 36.0. The van der Waals surface area contributed by atoms with Gasteiger partial charge in [0.1, 0.15) is 0 Å². The molecule has 73 heavy (non-hydrogen) atoms. The van der Waals surface area contributed by atoms with Gasteiger partial charge in [0.05, 0.1) is 52.9 Å². The molecule has 6 nitrogen and oxygen atoms in total. The molecule has 2 fully saturated rings. The van der Waals surface area contributed by atoms with E-state index in [1.807, 2.05) is 11.3 Å². The molecular formula is C66H70O6S. The highest BCUT2D eigenvalue weighted by Gasteiger charge is 2.37. The van der Waals surface area contributed by atoms with E-state index in [9.17, 15) is 0 Å². The van der Waals surface area contributed by atoms with Crippen molar-refractivity contribution in [3.05, 3.63) is 157 Å². The highest BCUT2D eigenvalue weighted by Crippen LogP contribution is 2.47. The smallest absolute Gasteiger partial charge is 0.0717 e. The van der Waals surface area contributed by atoms with E-state index in [2.05, 4.69) is 159 Å². The predicted octanol–water partition coefficient (Wildman–Crippen LogP) is 16.8. The molecule has 1 aromatic heterocycles. The van der Waals surface area contributed by atoms with Gasteiger partial charge in [0, 0.05) is 57.4 Å². The third-order valence-corrected chi connectivity index (χ3v) is 17.0. The molecule has 376 valence electrons. The minimum atomic E-state index is 0.259. The van der Waals surface area contributed by atoms with Crippen molar-refractivity contribution in [2.24, 2.45) is 10.8 Å². The number of fused-ring (bicyclic) bond motifs is 6. The number of thiophene rings is 1. The maximum atomic E-state index is 6.21. The van der Waals surface area contributed by atoms with Crippen LogP contribution < -0.4 is 0 Å². The average molecular weight is 991 g/mol. The molecule has 0 bridgehead atoms. The van der Waals surface area contributed by atoms with Gasteiger partial charge in [0.25, 0.3) is 0 Å². The van der Waals surface area contributed by atoms with E-state index >= 15 is 0 Å². The summed E-state index contributed by atoms with van der Waals surface area (Å²) in [5.74, 6) is 0. The summed E-state index contributed by atoms with van der Waals surface area (Å²) in [5.41, 5.74) is 10.4. The fourth-order valence-corrected chi connectivity index (χ4v) is 12.1. The van der Waals surface area contributed by atoms with Crippen molar-refractivity contribution >= 4 is 63.8 Å².